The van der Waals surface area contributed by atoms with Gasteiger partial charge in [0, 0.05) is 5.33 Å². The van der Waals surface area contributed by atoms with Gasteiger partial charge in [0.15, 0.2) is 0 Å². The lowest BCUT2D eigenvalue weighted by Gasteiger charge is -2.00. The summed E-state index contributed by atoms with van der Waals surface area (Å²) >= 11 is 3.15. The number of hydrogen-bond acceptors (Lipinski definition) is 1. The topological polar surface area (TPSA) is 3.24 Å². The summed E-state index contributed by atoms with van der Waals surface area (Å²) in [6.07, 6.45) is 0. The van der Waals surface area contributed by atoms with Crippen molar-refractivity contribution in [1.82, 2.24) is 4.90 Å². The number of alkyl halides is 1. The summed E-state index contributed by atoms with van der Waals surface area (Å²) < 4.78 is 0. The lowest BCUT2D eigenvalue weighted by atomic mass is 10.7. The maximum absolute atomic E-state index is 3.15. The molecule has 0 aliphatic rings. The summed E-state index contributed by atoms with van der Waals surface area (Å²) in [5.74, 6) is 0. The van der Waals surface area contributed by atoms with E-state index in [-0.39, 0.29) is 0 Å². The van der Waals surface area contributed by atoms with E-state index in [0.717, 1.165) is 11.9 Å². The average molecular weight is 182 g/mol. The van der Waals surface area contributed by atoms with E-state index < -0.39 is 0 Å². The first kappa shape index (κ1) is 11.3. The van der Waals surface area contributed by atoms with Gasteiger partial charge < -0.3 is 4.90 Å². The predicted molar refractivity (Wildman–Crippen MR) is 43.7 cm³/mol. The molecule has 0 aromatic carbocycles. The molecule has 0 saturated heterocycles. The van der Waals surface area contributed by atoms with Gasteiger partial charge in [0.25, 0.3) is 0 Å². The van der Waals surface area contributed by atoms with Crippen molar-refractivity contribution in [3.05, 3.63) is 0 Å². The zero-order chi connectivity index (χ0) is 6.99. The van der Waals surface area contributed by atoms with E-state index in [1.54, 1.807) is 0 Å². The van der Waals surface area contributed by atoms with Crippen LogP contribution in [0.15, 0.2) is 0 Å². The van der Waals surface area contributed by atoms with Crippen LogP contribution in [0.3, 0.4) is 0 Å². The molecule has 0 spiro atoms. The molecule has 8 heavy (non-hydrogen) atoms. The van der Waals surface area contributed by atoms with Gasteiger partial charge >= 0.3 is 0 Å². The first-order valence-electron chi connectivity index (χ1n) is 2.89. The summed E-state index contributed by atoms with van der Waals surface area (Å²) in [7, 11) is 4.11. The molecule has 2 heteroatoms. The van der Waals surface area contributed by atoms with E-state index in [1.165, 1.54) is 0 Å². The van der Waals surface area contributed by atoms with Crippen molar-refractivity contribution in [3.63, 3.8) is 0 Å². The molecule has 0 aromatic heterocycles. The number of rotatable bonds is 1. The average Bonchev–Trinajstić information content (AvgIpc) is 1.69. The zero-order valence-corrected chi connectivity index (χ0v) is 7.83. The van der Waals surface area contributed by atoms with Gasteiger partial charge in [-0.15, -0.1) is 0 Å². The van der Waals surface area contributed by atoms with E-state index in [0.29, 0.717) is 0 Å². The SMILES string of the molecule is CCBr.CCN(C)C. The summed E-state index contributed by atoms with van der Waals surface area (Å²) in [4.78, 5) is 2.12. The highest BCUT2D eigenvalue weighted by atomic mass is 79.9. The molecule has 0 bridgehead atoms. The maximum Gasteiger partial charge on any atom is 0.000281 e. The Balaban J connectivity index is 0. The van der Waals surface area contributed by atoms with E-state index in [2.05, 4.69) is 41.8 Å². The number of nitrogens with zero attached hydrogens (tertiary/aromatic N) is 1. The van der Waals surface area contributed by atoms with Gasteiger partial charge in [0.05, 0.1) is 0 Å². The Kier molecular flexibility index (Phi) is 14.7. The molecule has 52 valence electrons. The monoisotopic (exact) mass is 181 g/mol. The fraction of sp³-hybridized carbons (Fsp3) is 1.00. The largest absolute Gasteiger partial charge is 0.310 e. The van der Waals surface area contributed by atoms with Crippen molar-refractivity contribution in [1.29, 1.82) is 0 Å². The van der Waals surface area contributed by atoms with E-state index in [9.17, 15) is 0 Å². The Bertz CT molecular complexity index is 29.7. The van der Waals surface area contributed by atoms with E-state index in [4.69, 9.17) is 0 Å². The molecule has 0 rings (SSSR count). The van der Waals surface area contributed by atoms with E-state index in [1.807, 2.05) is 6.92 Å². The zero-order valence-electron chi connectivity index (χ0n) is 6.24. The van der Waals surface area contributed by atoms with Crippen molar-refractivity contribution in [2.45, 2.75) is 13.8 Å². The fourth-order valence-electron chi connectivity index (χ4n) is 0. The molecule has 0 atom stereocenters. The van der Waals surface area contributed by atoms with Gasteiger partial charge in [-0.05, 0) is 20.6 Å². The van der Waals surface area contributed by atoms with Crippen LogP contribution in [-0.4, -0.2) is 30.9 Å². The smallest absolute Gasteiger partial charge is 0.000281 e. The highest BCUT2D eigenvalue weighted by molar-refractivity contribution is 9.09. The van der Waals surface area contributed by atoms with Crippen LogP contribution in [-0.2, 0) is 0 Å². The van der Waals surface area contributed by atoms with Crippen LogP contribution in [0.5, 0.6) is 0 Å². The normalized spacial score (nSPS) is 8.25. The second kappa shape index (κ2) is 10.4. The molecule has 0 fully saturated rings. The predicted octanol–water partition coefficient (Wildman–Crippen LogP) is 1.97. The molecule has 0 saturated carbocycles. The van der Waals surface area contributed by atoms with Gasteiger partial charge in [-0.25, -0.2) is 0 Å². The van der Waals surface area contributed by atoms with Gasteiger partial charge in [0.1, 0.15) is 0 Å². The summed E-state index contributed by atoms with van der Waals surface area (Å²) in [6.45, 7) is 5.31. The fourth-order valence-corrected chi connectivity index (χ4v) is 0. The molecular formula is C6H16BrN. The highest BCUT2D eigenvalue weighted by Gasteiger charge is 1.72. The molecule has 0 unspecified atom stereocenters. The van der Waals surface area contributed by atoms with Crippen LogP contribution >= 0.6 is 15.9 Å². The minimum absolute atomic E-state index is 1.06. The lowest BCUT2D eigenvalue weighted by Crippen LogP contribution is -2.08. The Morgan fingerprint density at radius 3 is 1.38 bits per heavy atom. The summed E-state index contributed by atoms with van der Waals surface area (Å²) in [6, 6.07) is 0. The molecule has 0 N–H and O–H groups in total. The molecule has 0 aliphatic heterocycles. The van der Waals surface area contributed by atoms with Crippen molar-refractivity contribution in [3.8, 4) is 0 Å². The lowest BCUT2D eigenvalue weighted by molar-refractivity contribution is 0.434. The molecule has 1 nitrogen and oxygen atoms in total. The minimum atomic E-state index is 1.06. The highest BCUT2D eigenvalue weighted by Crippen LogP contribution is 1.67. The first-order valence-corrected chi connectivity index (χ1v) is 4.01. The third-order valence-electron chi connectivity index (χ3n) is 0.632. The van der Waals surface area contributed by atoms with Gasteiger partial charge in [-0.3, -0.25) is 0 Å². The molecule has 0 aliphatic carbocycles. The molecule has 0 aromatic rings. The standard InChI is InChI=1S/C4H11N.C2H5Br/c1-4-5(2)3;1-2-3/h4H2,1-3H3;2H2,1H3. The van der Waals surface area contributed by atoms with Crippen molar-refractivity contribution >= 4 is 15.9 Å². The molecular weight excluding hydrogens is 166 g/mol. The molecule has 0 heterocycles. The van der Waals surface area contributed by atoms with Crippen LogP contribution in [0, 0.1) is 0 Å². The minimum Gasteiger partial charge on any atom is -0.310 e. The Labute approximate surface area is 61.2 Å². The third kappa shape index (κ3) is 32.0. The quantitative estimate of drug-likeness (QED) is 0.560. The summed E-state index contributed by atoms with van der Waals surface area (Å²) in [5.41, 5.74) is 0. The van der Waals surface area contributed by atoms with Crippen molar-refractivity contribution < 1.29 is 0 Å². The Morgan fingerprint density at radius 2 is 1.38 bits per heavy atom. The van der Waals surface area contributed by atoms with E-state index >= 15 is 0 Å². The first-order chi connectivity index (χ1) is 3.68. The van der Waals surface area contributed by atoms with Crippen LogP contribution in [0.4, 0.5) is 0 Å². The second-order valence-corrected chi connectivity index (χ2v) is 2.78. The second-order valence-electron chi connectivity index (χ2n) is 1.66. The Hall–Kier alpha value is 0.440. The van der Waals surface area contributed by atoms with Gasteiger partial charge in [-0.2, -0.15) is 0 Å². The third-order valence-corrected chi connectivity index (χ3v) is 0.632. The maximum atomic E-state index is 3.15. The van der Waals surface area contributed by atoms with Gasteiger partial charge in [-0.1, -0.05) is 29.8 Å². The number of hydrogen-bond donors (Lipinski definition) is 0. The summed E-state index contributed by atoms with van der Waals surface area (Å²) in [5, 5.41) is 1.06. The van der Waals surface area contributed by atoms with Crippen molar-refractivity contribution in [2.75, 3.05) is 26.0 Å². The van der Waals surface area contributed by atoms with Crippen LogP contribution in [0.1, 0.15) is 13.8 Å². The van der Waals surface area contributed by atoms with Crippen LogP contribution in [0.2, 0.25) is 0 Å². The van der Waals surface area contributed by atoms with Crippen LogP contribution in [0.25, 0.3) is 0 Å². The van der Waals surface area contributed by atoms with Crippen molar-refractivity contribution in [2.24, 2.45) is 0 Å². The number of halogens is 1. The Morgan fingerprint density at radius 1 is 1.25 bits per heavy atom. The molecule has 0 radical (unpaired) electrons. The van der Waals surface area contributed by atoms with Gasteiger partial charge in [0.2, 0.25) is 0 Å². The van der Waals surface area contributed by atoms with Crippen LogP contribution < -0.4 is 0 Å². The molecule has 0 amide bonds.